The minimum Gasteiger partial charge on any atom is -0.465 e. The van der Waals surface area contributed by atoms with Gasteiger partial charge in [0.2, 0.25) is 0 Å². The van der Waals surface area contributed by atoms with E-state index in [2.05, 4.69) is 9.89 Å². The number of alkyl halides is 3. The molecule has 0 saturated carbocycles. The molecule has 2 unspecified atom stereocenters. The summed E-state index contributed by atoms with van der Waals surface area (Å²) in [5.74, 6) is -5.84. The molecule has 0 radical (unpaired) electrons. The predicted octanol–water partition coefficient (Wildman–Crippen LogP) is 4.71. The highest BCUT2D eigenvalue weighted by Gasteiger charge is 2.53. The molecular weight excluding hydrogens is 519 g/mol. The largest absolute Gasteiger partial charge is 0.465 e. The van der Waals surface area contributed by atoms with Crippen LogP contribution in [0.2, 0.25) is 0 Å². The number of aliphatic imine (C=N–C) groups is 1. The molecule has 2 aromatic carbocycles. The van der Waals surface area contributed by atoms with E-state index in [9.17, 15) is 32.9 Å². The van der Waals surface area contributed by atoms with Gasteiger partial charge in [-0.05, 0) is 30.5 Å². The predicted molar refractivity (Wildman–Crippen MR) is 134 cm³/mol. The maximum atomic E-state index is 14.1. The van der Waals surface area contributed by atoms with Crippen LogP contribution in [0.4, 0.5) is 18.9 Å². The fourth-order valence-electron chi connectivity index (χ4n) is 4.95. The molecule has 0 aliphatic carbocycles. The molecular formula is C27H26F3N3O6. The molecule has 9 nitrogen and oxygen atoms in total. The number of rotatable bonds is 8. The van der Waals surface area contributed by atoms with Crippen LogP contribution in [0.3, 0.4) is 0 Å². The van der Waals surface area contributed by atoms with E-state index in [0.717, 1.165) is 23.3 Å². The van der Waals surface area contributed by atoms with Gasteiger partial charge in [0, 0.05) is 43.4 Å². The van der Waals surface area contributed by atoms with Crippen molar-refractivity contribution < 1.29 is 37.2 Å². The number of esters is 2. The Labute approximate surface area is 222 Å². The Hall–Kier alpha value is -4.06. The van der Waals surface area contributed by atoms with Crippen molar-refractivity contribution in [2.24, 2.45) is 10.9 Å². The zero-order valence-corrected chi connectivity index (χ0v) is 21.2. The quantitative estimate of drug-likeness (QED) is 0.268. The number of nitro groups is 1. The van der Waals surface area contributed by atoms with Crippen molar-refractivity contribution in [1.29, 1.82) is 0 Å². The molecule has 2 aliphatic heterocycles. The van der Waals surface area contributed by atoms with Crippen LogP contribution in [0, 0.1) is 16.0 Å². The van der Waals surface area contributed by atoms with Gasteiger partial charge in [0.25, 0.3) is 5.69 Å². The molecule has 0 amide bonds. The van der Waals surface area contributed by atoms with Gasteiger partial charge in [-0.2, -0.15) is 13.2 Å². The van der Waals surface area contributed by atoms with Crippen molar-refractivity contribution in [3.8, 4) is 0 Å². The average molecular weight is 546 g/mol. The number of carbonyl (C=O) groups excluding carboxylic acids is 2. The van der Waals surface area contributed by atoms with Gasteiger partial charge in [0.05, 0.1) is 17.1 Å². The number of benzene rings is 2. The van der Waals surface area contributed by atoms with Crippen molar-refractivity contribution in [1.82, 2.24) is 4.90 Å². The first-order valence-corrected chi connectivity index (χ1v) is 12.2. The second-order valence-electron chi connectivity index (χ2n) is 9.17. The second-order valence-corrected chi connectivity index (χ2v) is 9.17. The minimum absolute atomic E-state index is 0.0415. The third-order valence-corrected chi connectivity index (χ3v) is 6.65. The van der Waals surface area contributed by atoms with E-state index >= 15 is 0 Å². The molecule has 0 bridgehead atoms. The summed E-state index contributed by atoms with van der Waals surface area (Å²) >= 11 is 0. The van der Waals surface area contributed by atoms with E-state index in [1.54, 1.807) is 0 Å². The molecule has 2 aromatic rings. The first kappa shape index (κ1) is 28.0. The Morgan fingerprint density at radius 1 is 1.10 bits per heavy atom. The summed E-state index contributed by atoms with van der Waals surface area (Å²) in [5.41, 5.74) is -0.158. The van der Waals surface area contributed by atoms with Crippen LogP contribution in [-0.4, -0.2) is 53.4 Å². The summed E-state index contributed by atoms with van der Waals surface area (Å²) in [4.78, 5) is 42.6. The molecule has 0 aromatic heterocycles. The van der Waals surface area contributed by atoms with Crippen molar-refractivity contribution in [2.45, 2.75) is 39.0 Å². The molecule has 0 N–H and O–H groups in total. The number of nitrogens with zero attached hydrogens (tertiary/aromatic N) is 3. The number of fused-ring (bicyclic) bond motifs is 1. The summed E-state index contributed by atoms with van der Waals surface area (Å²) in [6.45, 7) is 4.05. The lowest BCUT2D eigenvalue weighted by Crippen LogP contribution is -2.44. The van der Waals surface area contributed by atoms with Crippen LogP contribution in [0.15, 0.2) is 64.8 Å². The molecule has 2 atom stereocenters. The van der Waals surface area contributed by atoms with Gasteiger partial charge in [-0.3, -0.25) is 24.8 Å². The maximum Gasteiger partial charge on any atom is 0.430 e. The number of nitro benzene ring substituents is 1. The average Bonchev–Trinajstić information content (AvgIpc) is 3.30. The SMILES string of the molecule is CCOC(=O)C1C(C(F)(F)F)=NC(C)=C(C(=O)OCCN2Cc3ccccc3C2)C1c1cccc([N+](=O)[O-])c1. The summed E-state index contributed by atoms with van der Waals surface area (Å²) in [6, 6.07) is 12.7. The normalized spacial score (nSPS) is 19.4. The number of non-ortho nitro benzene ring substituents is 1. The Bertz CT molecular complexity index is 1330. The van der Waals surface area contributed by atoms with E-state index < -0.39 is 46.3 Å². The molecule has 0 saturated heterocycles. The van der Waals surface area contributed by atoms with Crippen LogP contribution < -0.4 is 0 Å². The van der Waals surface area contributed by atoms with Gasteiger partial charge in [0.1, 0.15) is 18.2 Å². The number of halogens is 3. The molecule has 4 rings (SSSR count). The first-order valence-electron chi connectivity index (χ1n) is 12.2. The topological polar surface area (TPSA) is 111 Å². The molecule has 0 spiro atoms. The lowest BCUT2D eigenvalue weighted by atomic mass is 9.75. The highest BCUT2D eigenvalue weighted by molar-refractivity contribution is 6.10. The van der Waals surface area contributed by atoms with Crippen LogP contribution in [0.5, 0.6) is 0 Å². The Kier molecular flexibility index (Phi) is 8.14. The van der Waals surface area contributed by atoms with Crippen molar-refractivity contribution >= 4 is 23.3 Å². The minimum atomic E-state index is -5.03. The van der Waals surface area contributed by atoms with E-state index in [1.165, 1.54) is 26.0 Å². The molecule has 0 fully saturated rings. The van der Waals surface area contributed by atoms with Crippen molar-refractivity contribution in [3.05, 3.63) is 86.6 Å². The van der Waals surface area contributed by atoms with Gasteiger partial charge >= 0.3 is 18.1 Å². The van der Waals surface area contributed by atoms with Crippen molar-refractivity contribution in [2.75, 3.05) is 19.8 Å². The van der Waals surface area contributed by atoms with Crippen LogP contribution in [0.25, 0.3) is 0 Å². The zero-order chi connectivity index (χ0) is 28.3. The monoisotopic (exact) mass is 545 g/mol. The highest BCUT2D eigenvalue weighted by atomic mass is 19.4. The highest BCUT2D eigenvalue weighted by Crippen LogP contribution is 2.44. The van der Waals surface area contributed by atoms with Gasteiger partial charge < -0.3 is 9.47 Å². The number of carbonyl (C=O) groups is 2. The third kappa shape index (κ3) is 6.00. The fraction of sp³-hybridized carbons (Fsp3) is 0.370. The Morgan fingerprint density at radius 3 is 2.36 bits per heavy atom. The Morgan fingerprint density at radius 2 is 1.77 bits per heavy atom. The van der Waals surface area contributed by atoms with E-state index in [0.29, 0.717) is 19.6 Å². The summed E-state index contributed by atoms with van der Waals surface area (Å²) in [7, 11) is 0. The molecule has 39 heavy (non-hydrogen) atoms. The number of hydrogen-bond acceptors (Lipinski definition) is 8. The maximum absolute atomic E-state index is 14.1. The fourth-order valence-corrected chi connectivity index (χ4v) is 4.95. The van der Waals surface area contributed by atoms with E-state index in [-0.39, 0.29) is 30.0 Å². The number of hydrogen-bond donors (Lipinski definition) is 0. The lowest BCUT2D eigenvalue weighted by molar-refractivity contribution is -0.384. The Balaban J connectivity index is 1.67. The smallest absolute Gasteiger partial charge is 0.430 e. The number of ether oxygens (including phenoxy) is 2. The molecule has 2 heterocycles. The van der Waals surface area contributed by atoms with E-state index in [1.807, 2.05) is 24.3 Å². The first-order chi connectivity index (χ1) is 18.5. The summed E-state index contributed by atoms with van der Waals surface area (Å²) in [5, 5.41) is 11.4. The lowest BCUT2D eigenvalue weighted by Gasteiger charge is -2.33. The number of allylic oxidation sites excluding steroid dienone is 1. The summed E-state index contributed by atoms with van der Waals surface area (Å²) < 4.78 is 52.7. The molecule has 12 heteroatoms. The van der Waals surface area contributed by atoms with Gasteiger partial charge in [-0.15, -0.1) is 0 Å². The standard InChI is InChI=1S/C27H26F3N3O6/c1-3-38-26(35)23-22(17-9-6-10-20(13-17)33(36)37)21(16(2)31-24(23)27(28,29)30)25(34)39-12-11-32-14-18-7-4-5-8-19(18)15-32/h4-10,13,22-23H,3,11-12,14-15H2,1-2H3. The van der Waals surface area contributed by atoms with Crippen LogP contribution >= 0.6 is 0 Å². The van der Waals surface area contributed by atoms with Crippen LogP contribution in [0.1, 0.15) is 36.5 Å². The zero-order valence-electron chi connectivity index (χ0n) is 21.2. The summed E-state index contributed by atoms with van der Waals surface area (Å²) in [6.07, 6.45) is -5.03. The molecule has 2 aliphatic rings. The van der Waals surface area contributed by atoms with Crippen molar-refractivity contribution in [3.63, 3.8) is 0 Å². The van der Waals surface area contributed by atoms with Gasteiger partial charge in [0.15, 0.2) is 0 Å². The third-order valence-electron chi connectivity index (χ3n) is 6.65. The second kappa shape index (κ2) is 11.4. The van der Waals surface area contributed by atoms with Crippen LogP contribution in [-0.2, 0) is 32.2 Å². The van der Waals surface area contributed by atoms with Gasteiger partial charge in [-0.25, -0.2) is 4.79 Å². The molecule has 206 valence electrons. The van der Waals surface area contributed by atoms with E-state index in [4.69, 9.17) is 9.47 Å². The van der Waals surface area contributed by atoms with Gasteiger partial charge in [-0.1, -0.05) is 36.4 Å².